The molecule has 1 aromatic rings. The average molecular weight is 322 g/mol. The molecule has 2 N–H and O–H groups in total. The third-order valence-electron chi connectivity index (χ3n) is 2.95. The molecule has 0 atom stereocenters. The number of alkyl carbamates (subject to hydrolysis) is 1. The van der Waals surface area contributed by atoms with Crippen molar-refractivity contribution in [3.05, 3.63) is 29.8 Å². The predicted octanol–water partition coefficient (Wildman–Crippen LogP) is 2.21. The molecule has 0 bridgehead atoms. The number of hydrogen-bond donors (Lipinski definition) is 2. The minimum atomic E-state index is -0.496. The molecule has 0 saturated carbocycles. The summed E-state index contributed by atoms with van der Waals surface area (Å²) in [5.41, 5.74) is 1.55. The zero-order valence-corrected chi connectivity index (χ0v) is 13.4. The molecule has 0 radical (unpaired) electrons. The Morgan fingerprint density at radius 1 is 1.09 bits per heavy atom. The molecule has 0 spiro atoms. The highest BCUT2D eigenvalue weighted by atomic mass is 16.5. The summed E-state index contributed by atoms with van der Waals surface area (Å²) in [4.78, 5) is 33.9. The van der Waals surface area contributed by atoms with E-state index in [1.165, 1.54) is 7.11 Å². The summed E-state index contributed by atoms with van der Waals surface area (Å²) < 4.78 is 9.27. The van der Waals surface area contributed by atoms with E-state index in [0.717, 1.165) is 5.56 Å². The van der Waals surface area contributed by atoms with Crippen molar-refractivity contribution in [2.24, 2.45) is 0 Å². The van der Waals surface area contributed by atoms with Gasteiger partial charge in [-0.2, -0.15) is 0 Å². The van der Waals surface area contributed by atoms with E-state index < -0.39 is 6.09 Å². The van der Waals surface area contributed by atoms with E-state index in [2.05, 4.69) is 15.4 Å². The number of hydrogen-bond acceptors (Lipinski definition) is 5. The maximum Gasteiger partial charge on any atom is 0.407 e. The molecule has 23 heavy (non-hydrogen) atoms. The molecular weight excluding hydrogens is 300 g/mol. The van der Waals surface area contributed by atoms with Crippen LogP contribution in [0.15, 0.2) is 24.3 Å². The maximum absolute atomic E-state index is 11.8. The van der Waals surface area contributed by atoms with Gasteiger partial charge in [0.15, 0.2) is 0 Å². The highest BCUT2D eigenvalue weighted by molar-refractivity contribution is 5.90. The van der Waals surface area contributed by atoms with Crippen LogP contribution in [0.1, 0.15) is 31.7 Å². The molecule has 7 nitrogen and oxygen atoms in total. The van der Waals surface area contributed by atoms with Gasteiger partial charge in [-0.05, 0) is 31.0 Å². The van der Waals surface area contributed by atoms with Crippen molar-refractivity contribution >= 4 is 23.7 Å². The van der Waals surface area contributed by atoms with Crippen molar-refractivity contribution in [1.82, 2.24) is 5.32 Å². The summed E-state index contributed by atoms with van der Waals surface area (Å²) in [7, 11) is 1.30. The molecule has 7 heteroatoms. The van der Waals surface area contributed by atoms with Gasteiger partial charge in [0.2, 0.25) is 5.91 Å². The molecule has 0 aliphatic rings. The maximum atomic E-state index is 11.8. The molecule has 2 amide bonds. The SMILES string of the molecule is CCOC(=O)CCCC(=O)Nc1ccc(CNC(=O)OC)cc1. The summed E-state index contributed by atoms with van der Waals surface area (Å²) in [6.07, 6.45) is 0.444. The van der Waals surface area contributed by atoms with E-state index in [-0.39, 0.29) is 24.7 Å². The molecule has 0 fully saturated rings. The van der Waals surface area contributed by atoms with Crippen LogP contribution in [0.25, 0.3) is 0 Å². The van der Waals surface area contributed by atoms with Crippen molar-refractivity contribution in [2.45, 2.75) is 32.7 Å². The summed E-state index contributed by atoms with van der Waals surface area (Å²) in [6.45, 7) is 2.44. The molecule has 0 aromatic heterocycles. The first-order valence-electron chi connectivity index (χ1n) is 7.41. The van der Waals surface area contributed by atoms with Crippen molar-refractivity contribution < 1.29 is 23.9 Å². The first-order chi connectivity index (χ1) is 11.0. The second-order valence-electron chi connectivity index (χ2n) is 4.75. The number of amides is 2. The Kier molecular flexibility index (Phi) is 8.20. The van der Waals surface area contributed by atoms with Gasteiger partial charge in [-0.15, -0.1) is 0 Å². The van der Waals surface area contributed by atoms with Gasteiger partial charge in [-0.3, -0.25) is 9.59 Å². The van der Waals surface area contributed by atoms with Crippen LogP contribution in [0.2, 0.25) is 0 Å². The number of benzene rings is 1. The minimum Gasteiger partial charge on any atom is -0.466 e. The molecule has 0 saturated heterocycles. The second kappa shape index (κ2) is 10.2. The number of carbonyl (C=O) groups is 3. The van der Waals surface area contributed by atoms with E-state index in [4.69, 9.17) is 4.74 Å². The van der Waals surface area contributed by atoms with Gasteiger partial charge in [0.1, 0.15) is 0 Å². The predicted molar refractivity (Wildman–Crippen MR) is 84.8 cm³/mol. The molecule has 0 heterocycles. The Hall–Kier alpha value is -2.57. The molecule has 0 aliphatic heterocycles. The van der Waals surface area contributed by atoms with Crippen LogP contribution < -0.4 is 10.6 Å². The summed E-state index contributed by atoms with van der Waals surface area (Å²) >= 11 is 0. The van der Waals surface area contributed by atoms with Crippen molar-refractivity contribution in [3.8, 4) is 0 Å². The standard InChI is InChI=1S/C16H22N2O5/c1-3-23-15(20)6-4-5-14(19)18-13-9-7-12(8-10-13)11-17-16(21)22-2/h7-10H,3-6,11H2,1-2H3,(H,17,21)(H,18,19). The number of nitrogens with one attached hydrogen (secondary N) is 2. The quantitative estimate of drug-likeness (QED) is 0.716. The van der Waals surface area contributed by atoms with Gasteiger partial charge in [-0.25, -0.2) is 4.79 Å². The first-order valence-corrected chi connectivity index (χ1v) is 7.41. The topological polar surface area (TPSA) is 93.7 Å². The highest BCUT2D eigenvalue weighted by Gasteiger charge is 2.06. The monoisotopic (exact) mass is 322 g/mol. The third-order valence-corrected chi connectivity index (χ3v) is 2.95. The molecule has 1 aromatic carbocycles. The van der Waals surface area contributed by atoms with E-state index in [9.17, 15) is 14.4 Å². The number of anilines is 1. The lowest BCUT2D eigenvalue weighted by molar-refractivity contribution is -0.143. The van der Waals surface area contributed by atoms with E-state index in [1.54, 1.807) is 31.2 Å². The largest absolute Gasteiger partial charge is 0.466 e. The Labute approximate surface area is 135 Å². The number of rotatable bonds is 8. The fourth-order valence-corrected chi connectivity index (χ4v) is 1.80. The van der Waals surface area contributed by atoms with Crippen LogP contribution in [0, 0.1) is 0 Å². The fourth-order valence-electron chi connectivity index (χ4n) is 1.80. The van der Waals surface area contributed by atoms with Crippen molar-refractivity contribution in [2.75, 3.05) is 19.0 Å². The lowest BCUT2D eigenvalue weighted by Crippen LogP contribution is -2.22. The summed E-state index contributed by atoms with van der Waals surface area (Å²) in [6, 6.07) is 7.09. The van der Waals surface area contributed by atoms with Gasteiger partial charge in [0.25, 0.3) is 0 Å². The summed E-state index contributed by atoms with van der Waals surface area (Å²) in [5, 5.41) is 5.31. The van der Waals surface area contributed by atoms with Crippen LogP contribution in [0.3, 0.4) is 0 Å². The van der Waals surface area contributed by atoms with Gasteiger partial charge in [0.05, 0.1) is 13.7 Å². The zero-order valence-electron chi connectivity index (χ0n) is 13.4. The number of esters is 1. The van der Waals surface area contributed by atoms with Crippen molar-refractivity contribution in [3.63, 3.8) is 0 Å². The normalized spacial score (nSPS) is 9.83. The Balaban J connectivity index is 2.32. The van der Waals surface area contributed by atoms with E-state index in [0.29, 0.717) is 25.3 Å². The van der Waals surface area contributed by atoms with Crippen LogP contribution in [0.5, 0.6) is 0 Å². The average Bonchev–Trinajstić information content (AvgIpc) is 2.54. The van der Waals surface area contributed by atoms with Crippen molar-refractivity contribution in [1.29, 1.82) is 0 Å². The fraction of sp³-hybridized carbons (Fsp3) is 0.438. The molecular formula is C16H22N2O5. The lowest BCUT2D eigenvalue weighted by atomic mass is 10.2. The highest BCUT2D eigenvalue weighted by Crippen LogP contribution is 2.10. The summed E-state index contributed by atoms with van der Waals surface area (Å²) in [5.74, 6) is -0.447. The van der Waals surface area contributed by atoms with Gasteiger partial charge in [-0.1, -0.05) is 12.1 Å². The Bertz CT molecular complexity index is 528. The first kappa shape index (κ1) is 18.5. The van der Waals surface area contributed by atoms with Crippen LogP contribution in [0.4, 0.5) is 10.5 Å². The van der Waals surface area contributed by atoms with Crippen LogP contribution in [-0.4, -0.2) is 31.7 Å². The zero-order chi connectivity index (χ0) is 17.1. The molecule has 126 valence electrons. The second-order valence-corrected chi connectivity index (χ2v) is 4.75. The number of ether oxygens (including phenoxy) is 2. The molecule has 0 aliphatic carbocycles. The number of carbonyl (C=O) groups excluding carboxylic acids is 3. The third kappa shape index (κ3) is 7.85. The van der Waals surface area contributed by atoms with E-state index >= 15 is 0 Å². The molecule has 1 rings (SSSR count). The smallest absolute Gasteiger partial charge is 0.407 e. The van der Waals surface area contributed by atoms with E-state index in [1.807, 2.05) is 0 Å². The van der Waals surface area contributed by atoms with Gasteiger partial charge in [0, 0.05) is 25.1 Å². The minimum absolute atomic E-state index is 0.158. The van der Waals surface area contributed by atoms with Crippen LogP contribution >= 0.6 is 0 Å². The lowest BCUT2D eigenvalue weighted by Gasteiger charge is -2.07. The molecule has 0 unspecified atom stereocenters. The Morgan fingerprint density at radius 3 is 2.39 bits per heavy atom. The van der Waals surface area contributed by atoms with Gasteiger partial charge < -0.3 is 20.1 Å². The number of methoxy groups -OCH3 is 1. The van der Waals surface area contributed by atoms with Gasteiger partial charge >= 0.3 is 12.1 Å². The van der Waals surface area contributed by atoms with Crippen LogP contribution in [-0.2, 0) is 25.6 Å². The Morgan fingerprint density at radius 2 is 1.78 bits per heavy atom.